The third-order valence-electron chi connectivity index (χ3n) is 2.74. The average Bonchev–Trinajstić information content (AvgIpc) is 2.14. The van der Waals surface area contributed by atoms with Crippen LogP contribution in [0.5, 0.6) is 0 Å². The molecule has 2 nitrogen and oxygen atoms in total. The van der Waals surface area contributed by atoms with Crippen molar-refractivity contribution in [3.63, 3.8) is 0 Å². The molecule has 0 radical (unpaired) electrons. The molecule has 2 N–H and O–H groups in total. The molecule has 1 aromatic carbocycles. The summed E-state index contributed by atoms with van der Waals surface area (Å²) in [5.74, 6) is -0.335. The van der Waals surface area contributed by atoms with Crippen LogP contribution in [0.3, 0.4) is 0 Å². The second-order valence-corrected chi connectivity index (χ2v) is 5.26. The van der Waals surface area contributed by atoms with Crippen LogP contribution < -0.4 is 0 Å². The molecule has 0 aliphatic carbocycles. The molecule has 0 saturated heterocycles. The van der Waals surface area contributed by atoms with Gasteiger partial charge in [-0.15, -0.1) is 0 Å². The highest BCUT2D eigenvalue weighted by Crippen LogP contribution is 2.31. The molecule has 1 rings (SSSR count). The number of aryl methyl sites for hydroxylation is 1. The van der Waals surface area contributed by atoms with Gasteiger partial charge < -0.3 is 10.2 Å². The van der Waals surface area contributed by atoms with E-state index in [0.29, 0.717) is 11.1 Å². The molecular formula is C13H19FO2. The molecule has 0 fully saturated rings. The van der Waals surface area contributed by atoms with Gasteiger partial charge in [0, 0.05) is 0 Å². The third-order valence-corrected chi connectivity index (χ3v) is 2.74. The van der Waals surface area contributed by atoms with E-state index in [9.17, 15) is 14.6 Å². The number of aliphatic hydroxyl groups excluding tert-OH is 2. The van der Waals surface area contributed by atoms with Gasteiger partial charge in [-0.3, -0.25) is 0 Å². The maximum atomic E-state index is 12.9. The SMILES string of the molecule is Cc1cc(F)ccc1C(O)C(O)C(C)(C)C. The lowest BCUT2D eigenvalue weighted by molar-refractivity contribution is -0.0461. The summed E-state index contributed by atoms with van der Waals surface area (Å²) in [6.45, 7) is 7.26. The van der Waals surface area contributed by atoms with Gasteiger partial charge in [0.15, 0.2) is 0 Å². The first-order valence-electron chi connectivity index (χ1n) is 5.35. The summed E-state index contributed by atoms with van der Waals surface area (Å²) < 4.78 is 12.9. The number of hydrogen-bond donors (Lipinski definition) is 2. The van der Waals surface area contributed by atoms with Crippen LogP contribution in [-0.2, 0) is 0 Å². The molecule has 2 atom stereocenters. The smallest absolute Gasteiger partial charge is 0.123 e. The van der Waals surface area contributed by atoms with Crippen molar-refractivity contribution in [1.29, 1.82) is 0 Å². The Bertz CT molecular complexity index is 369. The standard InChI is InChI=1S/C13H19FO2/c1-8-7-9(14)5-6-10(8)11(15)12(16)13(2,3)4/h5-7,11-12,15-16H,1-4H3. The predicted molar refractivity (Wildman–Crippen MR) is 61.6 cm³/mol. The van der Waals surface area contributed by atoms with E-state index in [-0.39, 0.29) is 5.82 Å². The lowest BCUT2D eigenvalue weighted by atomic mass is 9.83. The van der Waals surface area contributed by atoms with E-state index < -0.39 is 17.6 Å². The first-order chi connectivity index (χ1) is 7.23. The number of halogens is 1. The van der Waals surface area contributed by atoms with E-state index >= 15 is 0 Å². The average molecular weight is 226 g/mol. The molecule has 0 aromatic heterocycles. The monoisotopic (exact) mass is 226 g/mol. The molecule has 0 aliphatic heterocycles. The zero-order chi connectivity index (χ0) is 12.5. The topological polar surface area (TPSA) is 40.5 Å². The molecule has 3 heteroatoms. The second-order valence-electron chi connectivity index (χ2n) is 5.26. The Morgan fingerprint density at radius 2 is 1.75 bits per heavy atom. The number of hydrogen-bond acceptors (Lipinski definition) is 2. The van der Waals surface area contributed by atoms with Gasteiger partial charge in [0.05, 0.1) is 6.10 Å². The fourth-order valence-electron chi connectivity index (χ4n) is 1.61. The van der Waals surface area contributed by atoms with Crippen molar-refractivity contribution in [2.75, 3.05) is 0 Å². The Balaban J connectivity index is 3.01. The minimum atomic E-state index is -0.986. The van der Waals surface area contributed by atoms with Gasteiger partial charge in [-0.25, -0.2) is 4.39 Å². The highest BCUT2D eigenvalue weighted by atomic mass is 19.1. The van der Waals surface area contributed by atoms with Gasteiger partial charge in [-0.05, 0) is 35.6 Å². The lowest BCUT2D eigenvalue weighted by Gasteiger charge is -2.30. The first-order valence-corrected chi connectivity index (χ1v) is 5.35. The van der Waals surface area contributed by atoms with E-state index in [0.717, 1.165) is 0 Å². The van der Waals surface area contributed by atoms with Crippen molar-refractivity contribution in [3.05, 3.63) is 35.1 Å². The summed E-state index contributed by atoms with van der Waals surface area (Å²) in [6, 6.07) is 4.17. The van der Waals surface area contributed by atoms with Gasteiger partial charge in [0.25, 0.3) is 0 Å². The van der Waals surface area contributed by atoms with Crippen LogP contribution in [0.2, 0.25) is 0 Å². The Labute approximate surface area is 95.7 Å². The van der Waals surface area contributed by atoms with Crippen LogP contribution in [0.25, 0.3) is 0 Å². The van der Waals surface area contributed by atoms with Crippen LogP contribution in [0.4, 0.5) is 4.39 Å². The van der Waals surface area contributed by atoms with Crippen molar-refractivity contribution in [3.8, 4) is 0 Å². The largest absolute Gasteiger partial charge is 0.390 e. The van der Waals surface area contributed by atoms with Gasteiger partial charge in [-0.2, -0.15) is 0 Å². The van der Waals surface area contributed by atoms with E-state index in [4.69, 9.17) is 0 Å². The lowest BCUT2D eigenvalue weighted by Crippen LogP contribution is -2.32. The summed E-state index contributed by atoms with van der Waals surface area (Å²) in [6.07, 6.45) is -1.86. The van der Waals surface area contributed by atoms with Crippen LogP contribution in [-0.4, -0.2) is 16.3 Å². The zero-order valence-corrected chi connectivity index (χ0v) is 10.2. The molecule has 1 aromatic rings. The predicted octanol–water partition coefficient (Wildman–Crippen LogP) is 2.57. The summed E-state index contributed by atoms with van der Waals surface area (Å²) >= 11 is 0. The van der Waals surface area contributed by atoms with E-state index in [1.165, 1.54) is 18.2 Å². The minimum Gasteiger partial charge on any atom is -0.390 e. The quantitative estimate of drug-likeness (QED) is 0.813. The fourth-order valence-corrected chi connectivity index (χ4v) is 1.61. The van der Waals surface area contributed by atoms with E-state index in [1.54, 1.807) is 6.92 Å². The first kappa shape index (κ1) is 13.1. The molecule has 0 heterocycles. The molecular weight excluding hydrogens is 207 g/mol. The molecule has 2 unspecified atom stereocenters. The van der Waals surface area contributed by atoms with E-state index in [1.807, 2.05) is 20.8 Å². The van der Waals surface area contributed by atoms with Crippen LogP contribution in [0, 0.1) is 18.2 Å². The molecule has 16 heavy (non-hydrogen) atoms. The van der Waals surface area contributed by atoms with Crippen LogP contribution >= 0.6 is 0 Å². The van der Waals surface area contributed by atoms with Gasteiger partial charge in [-0.1, -0.05) is 26.8 Å². The maximum absolute atomic E-state index is 12.9. The summed E-state index contributed by atoms with van der Waals surface area (Å²) in [4.78, 5) is 0. The Morgan fingerprint density at radius 1 is 1.19 bits per heavy atom. The Hall–Kier alpha value is -0.930. The number of rotatable bonds is 2. The molecule has 0 aliphatic rings. The molecule has 0 saturated carbocycles. The number of benzene rings is 1. The second kappa shape index (κ2) is 4.52. The van der Waals surface area contributed by atoms with Gasteiger partial charge in [0.1, 0.15) is 11.9 Å². The van der Waals surface area contributed by atoms with Crippen LogP contribution in [0.15, 0.2) is 18.2 Å². The molecule has 90 valence electrons. The number of aliphatic hydroxyl groups is 2. The maximum Gasteiger partial charge on any atom is 0.123 e. The van der Waals surface area contributed by atoms with Gasteiger partial charge in [0.2, 0.25) is 0 Å². The molecule has 0 spiro atoms. The summed E-state index contributed by atoms with van der Waals surface area (Å²) in [5, 5.41) is 20.0. The van der Waals surface area contributed by atoms with Crippen LogP contribution in [0.1, 0.15) is 38.0 Å². The molecule has 0 amide bonds. The normalized spacial score (nSPS) is 15.9. The highest BCUT2D eigenvalue weighted by Gasteiger charge is 2.30. The fraction of sp³-hybridized carbons (Fsp3) is 0.538. The van der Waals surface area contributed by atoms with Crippen molar-refractivity contribution in [2.45, 2.75) is 39.9 Å². The van der Waals surface area contributed by atoms with E-state index in [2.05, 4.69) is 0 Å². The summed E-state index contributed by atoms with van der Waals surface area (Å²) in [7, 11) is 0. The van der Waals surface area contributed by atoms with Gasteiger partial charge >= 0.3 is 0 Å². The molecule has 0 bridgehead atoms. The Kier molecular flexibility index (Phi) is 3.71. The van der Waals surface area contributed by atoms with Crippen molar-refractivity contribution >= 4 is 0 Å². The minimum absolute atomic E-state index is 0.335. The third kappa shape index (κ3) is 2.80. The highest BCUT2D eigenvalue weighted by molar-refractivity contribution is 5.29. The zero-order valence-electron chi connectivity index (χ0n) is 10.2. The summed E-state index contributed by atoms with van der Waals surface area (Å²) in [5.41, 5.74) is 0.805. The van der Waals surface area contributed by atoms with Crippen molar-refractivity contribution < 1.29 is 14.6 Å². The Morgan fingerprint density at radius 3 is 2.19 bits per heavy atom. The van der Waals surface area contributed by atoms with Crippen molar-refractivity contribution in [1.82, 2.24) is 0 Å². The van der Waals surface area contributed by atoms with Crippen molar-refractivity contribution in [2.24, 2.45) is 5.41 Å².